The van der Waals surface area contributed by atoms with Crippen LogP contribution in [0.5, 0.6) is 0 Å². The second-order valence-corrected chi connectivity index (χ2v) is 9.67. The van der Waals surface area contributed by atoms with Gasteiger partial charge in [-0.15, -0.1) is 0 Å². The van der Waals surface area contributed by atoms with Gasteiger partial charge in [-0.25, -0.2) is 4.39 Å². The van der Waals surface area contributed by atoms with Crippen LogP contribution in [-0.4, -0.2) is 12.5 Å². The number of benzene rings is 2. The number of nitrogens with one attached hydrogen (secondary N) is 2. The molecule has 1 amide bonds. The molecular weight excluding hydrogens is 407 g/mol. The second-order valence-electron chi connectivity index (χ2n) is 9.67. The lowest BCUT2D eigenvalue weighted by molar-refractivity contribution is -0.123. The Bertz CT molecular complexity index is 1210. The van der Waals surface area contributed by atoms with Gasteiger partial charge in [-0.05, 0) is 55.2 Å². The van der Waals surface area contributed by atoms with Crippen LogP contribution in [0.25, 0.3) is 22.3 Å². The number of aryl methyl sites for hydroxylation is 1. The molecule has 0 fully saturated rings. The maximum atomic E-state index is 14.7. The third-order valence-electron chi connectivity index (χ3n) is 5.20. The summed E-state index contributed by atoms with van der Waals surface area (Å²) in [5.41, 5.74) is 1.82. The van der Waals surface area contributed by atoms with Crippen LogP contribution in [0, 0.1) is 24.1 Å². The number of carbonyl (C=O) groups is 1. The highest BCUT2D eigenvalue weighted by Gasteiger charge is 2.22. The van der Waals surface area contributed by atoms with Crippen molar-refractivity contribution in [3.05, 3.63) is 58.0 Å². The number of hydrogen-bond acceptors (Lipinski definition) is 4. The number of rotatable bonds is 6. The van der Waals surface area contributed by atoms with Crippen LogP contribution >= 0.6 is 0 Å². The topological polar surface area (TPSA) is 71.3 Å². The van der Waals surface area contributed by atoms with E-state index in [1.54, 1.807) is 26.8 Å². The molecule has 0 aliphatic rings. The van der Waals surface area contributed by atoms with E-state index in [1.807, 2.05) is 19.1 Å². The van der Waals surface area contributed by atoms with Gasteiger partial charge < -0.3 is 15.1 Å². The maximum Gasteiger partial charge on any atom is 0.229 e. The summed E-state index contributed by atoms with van der Waals surface area (Å²) in [4.78, 5) is 25.1. The summed E-state index contributed by atoms with van der Waals surface area (Å²) >= 11 is 0. The van der Waals surface area contributed by atoms with E-state index in [4.69, 9.17) is 4.42 Å². The molecule has 0 spiro atoms. The van der Waals surface area contributed by atoms with E-state index < -0.39 is 11.2 Å². The normalized spacial score (nSPS) is 11.8. The van der Waals surface area contributed by atoms with Crippen molar-refractivity contribution in [3.63, 3.8) is 0 Å². The van der Waals surface area contributed by atoms with Crippen LogP contribution in [0.3, 0.4) is 0 Å². The van der Waals surface area contributed by atoms with Gasteiger partial charge in [0.1, 0.15) is 17.2 Å². The molecule has 2 aromatic carbocycles. The van der Waals surface area contributed by atoms with E-state index in [1.165, 1.54) is 18.2 Å². The fourth-order valence-electron chi connectivity index (χ4n) is 3.28. The Morgan fingerprint density at radius 1 is 1.09 bits per heavy atom. The molecule has 0 aliphatic carbocycles. The molecule has 5 nitrogen and oxygen atoms in total. The monoisotopic (exact) mass is 438 g/mol. The zero-order chi connectivity index (χ0) is 23.6. The minimum absolute atomic E-state index is 0.0873. The minimum atomic E-state index is -0.644. The predicted molar refractivity (Wildman–Crippen MR) is 129 cm³/mol. The fourth-order valence-corrected chi connectivity index (χ4v) is 3.28. The molecule has 0 aliphatic heterocycles. The highest BCUT2D eigenvalue weighted by molar-refractivity contribution is 5.95. The van der Waals surface area contributed by atoms with E-state index >= 15 is 0 Å². The van der Waals surface area contributed by atoms with Crippen molar-refractivity contribution in [3.8, 4) is 11.3 Å². The number of hydrogen-bond donors (Lipinski definition) is 2. The summed E-state index contributed by atoms with van der Waals surface area (Å²) in [5.74, 6) is -0.0565. The van der Waals surface area contributed by atoms with Crippen molar-refractivity contribution in [1.82, 2.24) is 0 Å². The third kappa shape index (κ3) is 5.36. The molecule has 0 radical (unpaired) electrons. The number of anilines is 2. The molecule has 1 aromatic heterocycles. The molecule has 3 aromatic rings. The van der Waals surface area contributed by atoms with Crippen molar-refractivity contribution in [2.75, 3.05) is 17.2 Å². The third-order valence-corrected chi connectivity index (χ3v) is 5.20. The number of amides is 1. The zero-order valence-electron chi connectivity index (χ0n) is 19.6. The molecule has 170 valence electrons. The fraction of sp³-hybridized carbons (Fsp3) is 0.385. The summed E-state index contributed by atoms with van der Waals surface area (Å²) in [6.07, 6.45) is 0.982. The zero-order valence-corrected chi connectivity index (χ0v) is 19.6. The van der Waals surface area contributed by atoms with Crippen LogP contribution < -0.4 is 16.1 Å². The predicted octanol–water partition coefficient (Wildman–Crippen LogP) is 6.35. The lowest BCUT2D eigenvalue weighted by atomic mass is 9.95. The van der Waals surface area contributed by atoms with Crippen LogP contribution in [-0.2, 0) is 4.79 Å². The smallest absolute Gasteiger partial charge is 0.229 e. The Hall–Kier alpha value is -3.15. The van der Waals surface area contributed by atoms with Crippen LogP contribution in [0.4, 0.5) is 15.8 Å². The maximum absolute atomic E-state index is 14.7. The first-order valence-corrected chi connectivity index (χ1v) is 10.9. The van der Waals surface area contributed by atoms with Crippen molar-refractivity contribution in [2.24, 2.45) is 11.3 Å². The first-order valence-electron chi connectivity index (χ1n) is 10.9. The standard InChI is InChI=1S/C26H31FN2O3/c1-15(2)9-10-28-20-11-16(3)12-23-24(20)21(30)14-22(32-23)17-7-8-19(18(27)13-17)29-25(31)26(4,5)6/h7-8,11-15,28H,9-10H2,1-6H3,(H,29,31). The number of carbonyl (C=O) groups excluding carboxylic acids is 1. The molecule has 0 saturated heterocycles. The van der Waals surface area contributed by atoms with Gasteiger partial charge in [0.15, 0.2) is 5.43 Å². The summed E-state index contributed by atoms with van der Waals surface area (Å²) in [6.45, 7) is 12.3. The van der Waals surface area contributed by atoms with Gasteiger partial charge in [0, 0.05) is 29.3 Å². The summed E-state index contributed by atoms with van der Waals surface area (Å²) in [5, 5.41) is 6.43. The first kappa shape index (κ1) is 23.5. The molecule has 32 heavy (non-hydrogen) atoms. The van der Waals surface area contributed by atoms with E-state index in [-0.39, 0.29) is 22.8 Å². The lowest BCUT2D eigenvalue weighted by Gasteiger charge is -2.18. The summed E-state index contributed by atoms with van der Waals surface area (Å²) in [6, 6.07) is 9.50. The molecule has 0 atom stereocenters. The Labute approximate surface area is 188 Å². The molecule has 3 rings (SSSR count). The SMILES string of the molecule is Cc1cc(NCCC(C)C)c2c(=O)cc(-c3ccc(NC(=O)C(C)(C)C)c(F)c3)oc2c1. The van der Waals surface area contributed by atoms with Gasteiger partial charge in [-0.3, -0.25) is 9.59 Å². The Morgan fingerprint density at radius 3 is 2.44 bits per heavy atom. The van der Waals surface area contributed by atoms with Crippen molar-refractivity contribution in [2.45, 2.75) is 48.0 Å². The van der Waals surface area contributed by atoms with Gasteiger partial charge in [0.05, 0.1) is 11.1 Å². The van der Waals surface area contributed by atoms with Crippen molar-refractivity contribution >= 4 is 28.3 Å². The molecule has 0 saturated carbocycles. The highest BCUT2D eigenvalue weighted by atomic mass is 19.1. The molecule has 1 heterocycles. The molecule has 0 unspecified atom stereocenters. The Morgan fingerprint density at radius 2 is 1.81 bits per heavy atom. The van der Waals surface area contributed by atoms with E-state index in [2.05, 4.69) is 24.5 Å². The largest absolute Gasteiger partial charge is 0.456 e. The molecular formula is C26H31FN2O3. The minimum Gasteiger partial charge on any atom is -0.456 e. The molecule has 2 N–H and O–H groups in total. The second kappa shape index (κ2) is 9.15. The Balaban J connectivity index is 1.97. The van der Waals surface area contributed by atoms with Gasteiger partial charge in [-0.1, -0.05) is 34.6 Å². The van der Waals surface area contributed by atoms with Gasteiger partial charge in [-0.2, -0.15) is 0 Å². The number of halogens is 1. The Kier molecular flexibility index (Phi) is 6.72. The van der Waals surface area contributed by atoms with Crippen LogP contribution in [0.2, 0.25) is 0 Å². The first-order chi connectivity index (χ1) is 15.0. The quantitative estimate of drug-likeness (QED) is 0.470. The average Bonchev–Trinajstić information content (AvgIpc) is 2.67. The van der Waals surface area contributed by atoms with Gasteiger partial charge in [0.25, 0.3) is 0 Å². The van der Waals surface area contributed by atoms with Crippen molar-refractivity contribution in [1.29, 1.82) is 0 Å². The van der Waals surface area contributed by atoms with E-state index in [0.29, 0.717) is 22.5 Å². The van der Waals surface area contributed by atoms with E-state index in [9.17, 15) is 14.0 Å². The molecule has 0 bridgehead atoms. The highest BCUT2D eigenvalue weighted by Crippen LogP contribution is 2.30. The van der Waals surface area contributed by atoms with Gasteiger partial charge >= 0.3 is 0 Å². The number of fused-ring (bicyclic) bond motifs is 1. The molecule has 6 heteroatoms. The van der Waals surface area contributed by atoms with E-state index in [0.717, 1.165) is 24.2 Å². The van der Waals surface area contributed by atoms with Crippen molar-refractivity contribution < 1.29 is 13.6 Å². The average molecular weight is 439 g/mol. The summed E-state index contributed by atoms with van der Waals surface area (Å²) in [7, 11) is 0. The van der Waals surface area contributed by atoms with Crippen LogP contribution in [0.15, 0.2) is 45.6 Å². The lowest BCUT2D eigenvalue weighted by Crippen LogP contribution is -2.28. The summed E-state index contributed by atoms with van der Waals surface area (Å²) < 4.78 is 20.7. The van der Waals surface area contributed by atoms with Gasteiger partial charge in [0.2, 0.25) is 5.91 Å². The van der Waals surface area contributed by atoms with Crippen LogP contribution in [0.1, 0.15) is 46.6 Å².